The van der Waals surface area contributed by atoms with E-state index in [1.54, 1.807) is 0 Å². The highest BCUT2D eigenvalue weighted by atomic mass is 16.5. The van der Waals surface area contributed by atoms with Gasteiger partial charge in [-0.05, 0) is 25.7 Å². The highest BCUT2D eigenvalue weighted by Crippen LogP contribution is 2.32. The summed E-state index contributed by atoms with van der Waals surface area (Å²) in [6.07, 6.45) is 5.38. The molecule has 1 atom stereocenters. The lowest BCUT2D eigenvalue weighted by Crippen LogP contribution is -2.46. The van der Waals surface area contributed by atoms with Crippen LogP contribution in [0.25, 0.3) is 0 Å². The Morgan fingerprint density at radius 1 is 1.19 bits per heavy atom. The van der Waals surface area contributed by atoms with Gasteiger partial charge in [0.1, 0.15) is 0 Å². The minimum absolute atomic E-state index is 0.682. The molecule has 5 nitrogen and oxygen atoms in total. The number of likely N-dealkylation sites (tertiary alicyclic amines) is 1. The van der Waals surface area contributed by atoms with Gasteiger partial charge in [0, 0.05) is 45.3 Å². The second kappa shape index (κ2) is 7.45. The third-order valence-corrected chi connectivity index (χ3v) is 4.86. The Bertz CT molecular complexity index is 350. The van der Waals surface area contributed by atoms with E-state index in [9.17, 15) is 0 Å². The number of hydrogen-bond donors (Lipinski definition) is 1. The summed E-state index contributed by atoms with van der Waals surface area (Å²) in [6.45, 7) is 10.3. The van der Waals surface area contributed by atoms with Gasteiger partial charge in [0.2, 0.25) is 0 Å². The summed E-state index contributed by atoms with van der Waals surface area (Å²) in [5, 5.41) is 3.47. The van der Waals surface area contributed by atoms with Crippen LogP contribution in [0, 0.1) is 5.92 Å². The number of morpholine rings is 1. The van der Waals surface area contributed by atoms with Crippen molar-refractivity contribution in [1.29, 1.82) is 0 Å². The minimum atomic E-state index is 0.682. The first-order valence-corrected chi connectivity index (χ1v) is 8.72. The number of rotatable bonds is 5. The molecule has 0 amide bonds. The highest BCUT2D eigenvalue weighted by molar-refractivity contribution is 5.80. The molecule has 2 saturated heterocycles. The third-order valence-electron chi connectivity index (χ3n) is 4.86. The van der Waals surface area contributed by atoms with E-state index in [1.807, 2.05) is 0 Å². The van der Waals surface area contributed by atoms with Gasteiger partial charge in [0.05, 0.1) is 13.2 Å². The van der Waals surface area contributed by atoms with Gasteiger partial charge >= 0.3 is 0 Å². The molecule has 1 aliphatic carbocycles. The van der Waals surface area contributed by atoms with Crippen LogP contribution < -0.4 is 5.32 Å². The van der Waals surface area contributed by atoms with Crippen LogP contribution in [0.2, 0.25) is 0 Å². The molecule has 0 spiro atoms. The fourth-order valence-corrected chi connectivity index (χ4v) is 3.36. The molecule has 2 heterocycles. The number of nitrogens with zero attached hydrogens (tertiary/aromatic N) is 3. The lowest BCUT2D eigenvalue weighted by Gasteiger charge is -2.32. The predicted octanol–water partition coefficient (Wildman–Crippen LogP) is 1.16. The van der Waals surface area contributed by atoms with Gasteiger partial charge in [-0.15, -0.1) is 0 Å². The molecule has 3 aliphatic rings. The van der Waals surface area contributed by atoms with Crippen LogP contribution in [0.3, 0.4) is 0 Å². The Hall–Kier alpha value is -0.810. The quantitative estimate of drug-likeness (QED) is 0.610. The number of hydrogen-bond acceptors (Lipinski definition) is 3. The summed E-state index contributed by atoms with van der Waals surface area (Å²) in [4.78, 5) is 9.89. The lowest BCUT2D eigenvalue weighted by atomic mass is 10.2. The van der Waals surface area contributed by atoms with E-state index in [0.29, 0.717) is 6.04 Å². The van der Waals surface area contributed by atoms with Crippen LogP contribution in [-0.4, -0.2) is 74.3 Å². The molecule has 3 fully saturated rings. The molecule has 1 N–H and O–H groups in total. The van der Waals surface area contributed by atoms with Crippen molar-refractivity contribution in [3.05, 3.63) is 0 Å². The van der Waals surface area contributed by atoms with Crippen LogP contribution in [0.5, 0.6) is 0 Å². The summed E-state index contributed by atoms with van der Waals surface area (Å²) in [5.74, 6) is 2.10. The SMILES string of the molecule is CCNC(=NCCC1CC1)N1CCC(N2CCOCC2)C1. The van der Waals surface area contributed by atoms with Crippen molar-refractivity contribution in [3.63, 3.8) is 0 Å². The Balaban J connectivity index is 1.50. The Kier molecular flexibility index (Phi) is 5.36. The monoisotopic (exact) mass is 294 g/mol. The minimum Gasteiger partial charge on any atom is -0.379 e. The zero-order valence-electron chi connectivity index (χ0n) is 13.4. The molecule has 21 heavy (non-hydrogen) atoms. The van der Waals surface area contributed by atoms with E-state index in [-0.39, 0.29) is 0 Å². The topological polar surface area (TPSA) is 40.1 Å². The normalized spacial score (nSPS) is 28.1. The average Bonchev–Trinajstić information content (AvgIpc) is 3.21. The summed E-state index contributed by atoms with van der Waals surface area (Å²) >= 11 is 0. The van der Waals surface area contributed by atoms with Crippen molar-refractivity contribution in [2.75, 3.05) is 52.5 Å². The fourth-order valence-electron chi connectivity index (χ4n) is 3.36. The number of aliphatic imine (C=N–C) groups is 1. The number of nitrogens with one attached hydrogen (secondary N) is 1. The smallest absolute Gasteiger partial charge is 0.193 e. The highest BCUT2D eigenvalue weighted by Gasteiger charge is 2.30. The van der Waals surface area contributed by atoms with E-state index in [0.717, 1.165) is 64.4 Å². The zero-order valence-corrected chi connectivity index (χ0v) is 13.4. The van der Waals surface area contributed by atoms with Gasteiger partial charge < -0.3 is 15.0 Å². The van der Waals surface area contributed by atoms with Crippen molar-refractivity contribution in [1.82, 2.24) is 15.1 Å². The summed E-state index contributed by atoms with van der Waals surface area (Å²) < 4.78 is 5.46. The number of ether oxygens (including phenoxy) is 1. The van der Waals surface area contributed by atoms with Crippen molar-refractivity contribution >= 4 is 5.96 Å². The first-order valence-electron chi connectivity index (χ1n) is 8.72. The molecular formula is C16H30N4O. The summed E-state index contributed by atoms with van der Waals surface area (Å²) in [5.41, 5.74) is 0. The van der Waals surface area contributed by atoms with Crippen LogP contribution in [-0.2, 0) is 4.74 Å². The van der Waals surface area contributed by atoms with Crippen molar-refractivity contribution in [2.45, 2.75) is 38.6 Å². The molecule has 3 rings (SSSR count). The van der Waals surface area contributed by atoms with Gasteiger partial charge in [0.25, 0.3) is 0 Å². The molecule has 2 aliphatic heterocycles. The van der Waals surface area contributed by atoms with Crippen molar-refractivity contribution in [2.24, 2.45) is 10.9 Å². The van der Waals surface area contributed by atoms with Gasteiger partial charge in [0.15, 0.2) is 5.96 Å². The van der Waals surface area contributed by atoms with E-state index in [1.165, 1.54) is 25.7 Å². The fraction of sp³-hybridized carbons (Fsp3) is 0.938. The maximum Gasteiger partial charge on any atom is 0.193 e. The van der Waals surface area contributed by atoms with E-state index >= 15 is 0 Å². The first-order chi connectivity index (χ1) is 10.4. The third kappa shape index (κ3) is 4.33. The van der Waals surface area contributed by atoms with Crippen molar-refractivity contribution < 1.29 is 4.74 Å². The van der Waals surface area contributed by atoms with Gasteiger partial charge in [-0.2, -0.15) is 0 Å². The first kappa shape index (κ1) is 15.1. The zero-order chi connectivity index (χ0) is 14.5. The molecule has 5 heteroatoms. The molecule has 0 aromatic heterocycles. The van der Waals surface area contributed by atoms with Gasteiger partial charge in [-0.3, -0.25) is 9.89 Å². The molecule has 0 bridgehead atoms. The summed E-state index contributed by atoms with van der Waals surface area (Å²) in [6, 6.07) is 0.682. The largest absolute Gasteiger partial charge is 0.379 e. The maximum atomic E-state index is 5.46. The second-order valence-corrected chi connectivity index (χ2v) is 6.50. The standard InChI is InChI=1S/C16H30N4O/c1-2-17-16(18-7-5-14-3-4-14)20-8-6-15(13-20)19-9-11-21-12-10-19/h14-15H,2-13H2,1H3,(H,17,18). The Morgan fingerprint density at radius 3 is 2.71 bits per heavy atom. The van der Waals surface area contributed by atoms with Crippen LogP contribution in [0.15, 0.2) is 4.99 Å². The summed E-state index contributed by atoms with van der Waals surface area (Å²) in [7, 11) is 0. The van der Waals surface area contributed by atoms with Crippen LogP contribution in [0.4, 0.5) is 0 Å². The Labute approximate surface area is 128 Å². The molecule has 0 aromatic rings. The molecule has 0 radical (unpaired) electrons. The van der Waals surface area contributed by atoms with E-state index < -0.39 is 0 Å². The second-order valence-electron chi connectivity index (χ2n) is 6.50. The van der Waals surface area contributed by atoms with Gasteiger partial charge in [-0.1, -0.05) is 12.8 Å². The molecule has 0 aromatic carbocycles. The Morgan fingerprint density at radius 2 is 2.00 bits per heavy atom. The van der Waals surface area contributed by atoms with E-state index in [2.05, 4.69) is 22.0 Å². The molecule has 1 unspecified atom stereocenters. The van der Waals surface area contributed by atoms with Gasteiger partial charge in [-0.25, -0.2) is 0 Å². The van der Waals surface area contributed by atoms with E-state index in [4.69, 9.17) is 9.73 Å². The van der Waals surface area contributed by atoms with Crippen LogP contribution >= 0.6 is 0 Å². The molecular weight excluding hydrogens is 264 g/mol. The lowest BCUT2D eigenvalue weighted by molar-refractivity contribution is 0.0195. The molecule has 120 valence electrons. The van der Waals surface area contributed by atoms with Crippen molar-refractivity contribution in [3.8, 4) is 0 Å². The van der Waals surface area contributed by atoms with Crippen LogP contribution in [0.1, 0.15) is 32.6 Å². The number of guanidine groups is 1. The average molecular weight is 294 g/mol. The molecule has 1 saturated carbocycles. The maximum absolute atomic E-state index is 5.46. The predicted molar refractivity (Wildman–Crippen MR) is 85.7 cm³/mol.